The van der Waals surface area contributed by atoms with Crippen LogP contribution in [0, 0.1) is 0 Å². The Kier molecular flexibility index (Phi) is 13.3. The van der Waals surface area contributed by atoms with E-state index in [1.807, 2.05) is 12.1 Å². The molecule has 1 aromatic carbocycles. The Hall–Kier alpha value is -3.22. The van der Waals surface area contributed by atoms with E-state index in [9.17, 15) is 0 Å². The third-order valence-corrected chi connectivity index (χ3v) is 6.29. The summed E-state index contributed by atoms with van der Waals surface area (Å²) in [6.45, 7) is 27.5. The number of rotatable bonds is 15. The van der Waals surface area contributed by atoms with Crippen LogP contribution < -0.4 is 5.32 Å². The van der Waals surface area contributed by atoms with E-state index in [1.165, 1.54) is 11.3 Å². The van der Waals surface area contributed by atoms with Crippen LogP contribution >= 0.6 is 0 Å². The summed E-state index contributed by atoms with van der Waals surface area (Å²) in [5.41, 5.74) is 3.30. The Morgan fingerprint density at radius 2 is 1.86 bits per heavy atom. The maximum Gasteiger partial charge on any atom is 0.121 e. The van der Waals surface area contributed by atoms with Gasteiger partial charge in [0.25, 0.3) is 0 Å². The van der Waals surface area contributed by atoms with Gasteiger partial charge in [0, 0.05) is 56.5 Å². The molecule has 0 amide bonds. The standard InChI is InChI=1S/C30H44N6/c1-7-17-33-30(36(26(4)8-2)25-29-14-11-10-12-15-29)28(6)32-18-13-20-34-21-23-35(24-22-34)27(5)16-19-31-9-3/h7-12,14-16,19,28,32H,1-4,13,17-18,20-25H2,5-6H3/b27-16+,31-19?,33-30?. The first-order valence-electron chi connectivity index (χ1n) is 12.8. The highest BCUT2D eigenvalue weighted by Crippen LogP contribution is 2.14. The van der Waals surface area contributed by atoms with Gasteiger partial charge in [0.1, 0.15) is 5.84 Å². The second-order valence-corrected chi connectivity index (χ2v) is 8.90. The molecular formula is C30H44N6. The molecule has 0 saturated carbocycles. The fourth-order valence-corrected chi connectivity index (χ4v) is 4.17. The first kappa shape index (κ1) is 29.0. The van der Waals surface area contributed by atoms with Crippen molar-refractivity contribution in [2.24, 2.45) is 9.98 Å². The van der Waals surface area contributed by atoms with Crippen LogP contribution in [0.1, 0.15) is 25.8 Å². The van der Waals surface area contributed by atoms with Crippen molar-refractivity contribution in [1.29, 1.82) is 0 Å². The summed E-state index contributed by atoms with van der Waals surface area (Å²) in [6.07, 6.45) is 10.1. The van der Waals surface area contributed by atoms with Crippen LogP contribution in [-0.2, 0) is 6.54 Å². The van der Waals surface area contributed by atoms with Crippen molar-refractivity contribution < 1.29 is 0 Å². The molecular weight excluding hydrogens is 444 g/mol. The summed E-state index contributed by atoms with van der Waals surface area (Å²) >= 11 is 0. The summed E-state index contributed by atoms with van der Waals surface area (Å²) < 4.78 is 0. The van der Waals surface area contributed by atoms with Crippen molar-refractivity contribution in [1.82, 2.24) is 20.0 Å². The maximum atomic E-state index is 4.85. The van der Waals surface area contributed by atoms with E-state index in [0.29, 0.717) is 13.1 Å². The number of piperazine rings is 1. The molecule has 1 aromatic rings. The molecule has 1 heterocycles. The molecule has 1 unspecified atom stereocenters. The zero-order valence-electron chi connectivity index (χ0n) is 22.3. The topological polar surface area (TPSA) is 46.5 Å². The largest absolute Gasteiger partial charge is 0.372 e. The van der Waals surface area contributed by atoms with Gasteiger partial charge in [0.05, 0.1) is 12.6 Å². The van der Waals surface area contributed by atoms with E-state index >= 15 is 0 Å². The smallest absolute Gasteiger partial charge is 0.121 e. The second-order valence-electron chi connectivity index (χ2n) is 8.90. The first-order chi connectivity index (χ1) is 17.5. The lowest BCUT2D eigenvalue weighted by molar-refractivity contribution is 0.157. The van der Waals surface area contributed by atoms with Gasteiger partial charge in [-0.05, 0) is 51.1 Å². The van der Waals surface area contributed by atoms with Gasteiger partial charge in [-0.1, -0.05) is 56.1 Å². The molecule has 0 radical (unpaired) electrons. The molecule has 2 rings (SSSR count). The molecule has 0 spiro atoms. The quantitative estimate of drug-likeness (QED) is 0.126. The SMILES string of the molecule is C=CCN=C(C(C)NCCCN1CCN(/C(C)=C/C=NC=C)CC1)N(Cc1ccccc1)C(=C)C=C. The number of hydrogen-bond donors (Lipinski definition) is 1. The fourth-order valence-electron chi connectivity index (χ4n) is 4.17. The molecule has 1 aliphatic rings. The molecule has 1 atom stereocenters. The highest BCUT2D eigenvalue weighted by atomic mass is 15.3. The number of allylic oxidation sites excluding steroid dienone is 3. The number of benzene rings is 1. The number of nitrogens with one attached hydrogen (secondary N) is 1. The van der Waals surface area contributed by atoms with Gasteiger partial charge >= 0.3 is 0 Å². The summed E-state index contributed by atoms with van der Waals surface area (Å²) in [5, 5.41) is 3.68. The van der Waals surface area contributed by atoms with Gasteiger partial charge in [0.2, 0.25) is 0 Å². The Labute approximate surface area is 218 Å². The lowest BCUT2D eigenvalue weighted by Gasteiger charge is -2.36. The van der Waals surface area contributed by atoms with Crippen molar-refractivity contribution in [3.05, 3.63) is 98.0 Å². The predicted octanol–water partition coefficient (Wildman–Crippen LogP) is 4.88. The average molecular weight is 489 g/mol. The van der Waals surface area contributed by atoms with Gasteiger partial charge in [-0.25, -0.2) is 0 Å². The molecule has 1 N–H and O–H groups in total. The Balaban J connectivity index is 1.88. The summed E-state index contributed by atoms with van der Waals surface area (Å²) in [4.78, 5) is 16.0. The molecule has 36 heavy (non-hydrogen) atoms. The molecule has 6 heteroatoms. The van der Waals surface area contributed by atoms with Gasteiger partial charge in [-0.3, -0.25) is 14.9 Å². The van der Waals surface area contributed by atoms with Gasteiger partial charge in [-0.2, -0.15) is 0 Å². The summed E-state index contributed by atoms with van der Waals surface area (Å²) in [7, 11) is 0. The third-order valence-electron chi connectivity index (χ3n) is 6.29. The van der Waals surface area contributed by atoms with Crippen molar-refractivity contribution in [3.63, 3.8) is 0 Å². The normalized spacial score (nSPS) is 16.1. The number of amidine groups is 1. The van der Waals surface area contributed by atoms with Crippen molar-refractivity contribution in [2.75, 3.05) is 45.8 Å². The maximum absolute atomic E-state index is 4.85. The van der Waals surface area contributed by atoms with E-state index in [1.54, 1.807) is 18.5 Å². The Morgan fingerprint density at radius 3 is 2.50 bits per heavy atom. The minimum absolute atomic E-state index is 0.0761. The minimum Gasteiger partial charge on any atom is -0.372 e. The van der Waals surface area contributed by atoms with Crippen LogP contribution in [0.2, 0.25) is 0 Å². The van der Waals surface area contributed by atoms with E-state index in [-0.39, 0.29) is 6.04 Å². The number of hydrogen-bond acceptors (Lipinski definition) is 5. The average Bonchev–Trinajstić information content (AvgIpc) is 2.91. The molecule has 0 bridgehead atoms. The molecule has 0 aromatic heterocycles. The first-order valence-corrected chi connectivity index (χ1v) is 12.8. The third kappa shape index (κ3) is 9.80. The van der Waals surface area contributed by atoms with Crippen molar-refractivity contribution in [2.45, 2.75) is 32.9 Å². The van der Waals surface area contributed by atoms with Crippen LogP contribution in [0.3, 0.4) is 0 Å². The Morgan fingerprint density at radius 1 is 1.14 bits per heavy atom. The highest BCUT2D eigenvalue weighted by molar-refractivity contribution is 5.89. The monoisotopic (exact) mass is 488 g/mol. The van der Waals surface area contributed by atoms with Crippen LogP contribution in [-0.4, -0.2) is 78.6 Å². The summed E-state index contributed by atoms with van der Waals surface area (Å²) in [6, 6.07) is 10.5. The molecule has 1 fully saturated rings. The highest BCUT2D eigenvalue weighted by Gasteiger charge is 2.20. The predicted molar refractivity (Wildman–Crippen MR) is 156 cm³/mol. The van der Waals surface area contributed by atoms with Gasteiger partial charge in [0.15, 0.2) is 0 Å². The van der Waals surface area contributed by atoms with Gasteiger partial charge < -0.3 is 15.1 Å². The lowest BCUT2D eigenvalue weighted by Crippen LogP contribution is -2.47. The Bertz CT molecular complexity index is 922. The zero-order chi connectivity index (χ0) is 26.2. The van der Waals surface area contributed by atoms with E-state index in [2.05, 4.69) is 95.5 Å². The van der Waals surface area contributed by atoms with E-state index in [0.717, 1.165) is 57.2 Å². The van der Waals surface area contributed by atoms with Crippen LogP contribution in [0.4, 0.5) is 0 Å². The lowest BCUT2D eigenvalue weighted by atomic mass is 10.1. The summed E-state index contributed by atoms with van der Waals surface area (Å²) in [5.74, 6) is 0.958. The number of aliphatic imine (C=N–C) groups is 2. The molecule has 194 valence electrons. The van der Waals surface area contributed by atoms with Crippen molar-refractivity contribution >= 4 is 12.1 Å². The van der Waals surface area contributed by atoms with E-state index < -0.39 is 0 Å². The minimum atomic E-state index is 0.0761. The molecule has 1 saturated heterocycles. The van der Waals surface area contributed by atoms with Crippen LogP contribution in [0.5, 0.6) is 0 Å². The molecule has 1 aliphatic heterocycles. The molecule has 6 nitrogen and oxygen atoms in total. The van der Waals surface area contributed by atoms with Crippen LogP contribution in [0.15, 0.2) is 102 Å². The van der Waals surface area contributed by atoms with E-state index in [4.69, 9.17) is 4.99 Å². The zero-order valence-corrected chi connectivity index (χ0v) is 22.3. The second kappa shape index (κ2) is 16.5. The number of nitrogens with zero attached hydrogens (tertiary/aromatic N) is 5. The fraction of sp³-hybridized carbons (Fsp3) is 0.400. The van der Waals surface area contributed by atoms with Crippen LogP contribution in [0.25, 0.3) is 0 Å². The van der Waals surface area contributed by atoms with Crippen molar-refractivity contribution in [3.8, 4) is 0 Å². The van der Waals surface area contributed by atoms with Gasteiger partial charge in [-0.15, -0.1) is 6.58 Å². The molecule has 0 aliphatic carbocycles.